The van der Waals surface area contributed by atoms with Gasteiger partial charge in [0, 0.05) is 51.5 Å². The Balaban J connectivity index is 1.20. The van der Waals surface area contributed by atoms with Crippen molar-refractivity contribution in [3.63, 3.8) is 0 Å². The number of carbonyl (C=O) groups excluding carboxylic acids is 1. The van der Waals surface area contributed by atoms with Crippen LogP contribution in [0.5, 0.6) is 0 Å². The van der Waals surface area contributed by atoms with E-state index in [9.17, 15) is 13.2 Å². The van der Waals surface area contributed by atoms with Crippen LogP contribution >= 0.6 is 0 Å². The van der Waals surface area contributed by atoms with Gasteiger partial charge in [-0.3, -0.25) is 14.8 Å². The fourth-order valence-electron chi connectivity index (χ4n) is 5.50. The van der Waals surface area contributed by atoms with Gasteiger partial charge in [-0.1, -0.05) is 19.3 Å². The van der Waals surface area contributed by atoms with Gasteiger partial charge in [0.05, 0.1) is 5.92 Å². The normalized spacial score (nSPS) is 24.2. The highest BCUT2D eigenvalue weighted by Crippen LogP contribution is 2.29. The van der Waals surface area contributed by atoms with Crippen LogP contribution in [0.15, 0.2) is 33.9 Å². The lowest BCUT2D eigenvalue weighted by Crippen LogP contribution is -2.55. The van der Waals surface area contributed by atoms with E-state index in [1.807, 2.05) is 4.90 Å². The average molecular weight is 476 g/mol. The zero-order chi connectivity index (χ0) is 22.8. The van der Waals surface area contributed by atoms with Gasteiger partial charge in [-0.05, 0) is 43.9 Å². The Morgan fingerprint density at radius 2 is 1.76 bits per heavy atom. The number of aromatic nitrogens is 2. The van der Waals surface area contributed by atoms with Crippen molar-refractivity contribution in [3.8, 4) is 11.5 Å². The topological polar surface area (TPSA) is 103 Å². The minimum absolute atomic E-state index is 0.0933. The van der Waals surface area contributed by atoms with E-state index >= 15 is 0 Å². The van der Waals surface area contributed by atoms with Crippen LogP contribution in [-0.2, 0) is 14.8 Å². The molecule has 0 unspecified atom stereocenters. The predicted octanol–water partition coefficient (Wildman–Crippen LogP) is 2.55. The highest BCUT2D eigenvalue weighted by molar-refractivity contribution is 7.89. The summed E-state index contributed by atoms with van der Waals surface area (Å²) in [6.45, 7) is 3.95. The van der Waals surface area contributed by atoms with E-state index in [1.165, 1.54) is 42.5 Å². The number of rotatable bonds is 5. The molecule has 3 fully saturated rings. The number of piperidine rings is 1. The molecule has 4 heterocycles. The molecule has 1 N–H and O–H groups in total. The summed E-state index contributed by atoms with van der Waals surface area (Å²) in [6, 6.07) is 5.49. The molecule has 3 aliphatic rings. The zero-order valence-electron chi connectivity index (χ0n) is 19.0. The van der Waals surface area contributed by atoms with E-state index in [-0.39, 0.29) is 23.5 Å². The number of sulfonamides is 1. The number of hydrogen-bond acceptors (Lipinski definition) is 6. The van der Waals surface area contributed by atoms with Crippen LogP contribution in [0, 0.1) is 5.92 Å². The Morgan fingerprint density at radius 1 is 0.970 bits per heavy atom. The number of furan rings is 1. The second-order valence-electron chi connectivity index (χ2n) is 9.44. The summed E-state index contributed by atoms with van der Waals surface area (Å²) in [6.07, 6.45) is 9.51. The molecule has 5 rings (SSSR count). The maximum absolute atomic E-state index is 13.3. The zero-order valence-corrected chi connectivity index (χ0v) is 19.8. The highest BCUT2D eigenvalue weighted by atomic mass is 32.2. The first-order valence-electron chi connectivity index (χ1n) is 12.1. The van der Waals surface area contributed by atoms with Crippen molar-refractivity contribution in [2.45, 2.75) is 56.1 Å². The summed E-state index contributed by atoms with van der Waals surface area (Å²) in [7, 11) is -3.80. The molecule has 2 aromatic rings. The number of carbonyl (C=O) groups is 1. The third kappa shape index (κ3) is 4.74. The lowest BCUT2D eigenvalue weighted by atomic mass is 9.93. The van der Waals surface area contributed by atoms with Crippen molar-refractivity contribution in [3.05, 3.63) is 24.4 Å². The van der Waals surface area contributed by atoms with E-state index < -0.39 is 10.0 Å². The molecule has 0 bridgehead atoms. The maximum Gasteiger partial charge on any atom is 0.276 e. The summed E-state index contributed by atoms with van der Waals surface area (Å²) in [4.78, 5) is 17.8. The summed E-state index contributed by atoms with van der Waals surface area (Å²) in [5.41, 5.74) is 0.621. The van der Waals surface area contributed by atoms with Crippen LogP contribution in [0.1, 0.15) is 44.9 Å². The van der Waals surface area contributed by atoms with Gasteiger partial charge in [0.15, 0.2) is 5.76 Å². The third-order valence-electron chi connectivity index (χ3n) is 7.39. The van der Waals surface area contributed by atoms with Gasteiger partial charge < -0.3 is 9.32 Å². The lowest BCUT2D eigenvalue weighted by molar-refractivity contribution is -0.138. The minimum Gasteiger partial charge on any atom is -0.442 e. The number of H-pyrrole nitrogens is 1. The van der Waals surface area contributed by atoms with Gasteiger partial charge in [-0.15, -0.1) is 0 Å². The first-order valence-corrected chi connectivity index (χ1v) is 13.6. The molecule has 1 aliphatic carbocycles. The second kappa shape index (κ2) is 9.60. The molecular weight excluding hydrogens is 442 g/mol. The summed E-state index contributed by atoms with van der Waals surface area (Å²) >= 11 is 0. The van der Waals surface area contributed by atoms with Gasteiger partial charge in [-0.2, -0.15) is 9.40 Å². The smallest absolute Gasteiger partial charge is 0.276 e. The van der Waals surface area contributed by atoms with Crippen LogP contribution in [-0.4, -0.2) is 83.9 Å². The van der Waals surface area contributed by atoms with E-state index in [2.05, 4.69) is 15.1 Å². The third-order valence-corrected chi connectivity index (χ3v) is 9.13. The lowest BCUT2D eigenvalue weighted by Gasteiger charge is -2.42. The van der Waals surface area contributed by atoms with Crippen LogP contribution in [0.2, 0.25) is 0 Å². The molecule has 180 valence electrons. The number of nitrogens with one attached hydrogen (secondary N) is 1. The molecule has 1 amide bonds. The van der Waals surface area contributed by atoms with Crippen LogP contribution in [0.4, 0.5) is 0 Å². The van der Waals surface area contributed by atoms with Gasteiger partial charge in [0.1, 0.15) is 5.69 Å². The molecule has 0 radical (unpaired) electrons. The van der Waals surface area contributed by atoms with Crippen molar-refractivity contribution in [1.82, 2.24) is 24.3 Å². The standard InChI is InChI=1S/C23H33N5O4S/c29-23(27-15-13-26(14-16-27)19-6-2-1-3-7-19)18-5-4-12-28(17-18)33(30,31)22-9-8-21(32-22)20-10-11-24-25-20/h8-11,18-19H,1-7,12-17H2,(H,24,25)/t18-/m0/s1. The SMILES string of the molecule is O=C([C@H]1CCCN(S(=O)(=O)c2ccc(-c3ccn[nH]3)o2)C1)N1CCN(C2CCCCC2)CC1. The van der Waals surface area contributed by atoms with Crippen molar-refractivity contribution in [2.75, 3.05) is 39.3 Å². The first kappa shape index (κ1) is 22.6. The molecule has 0 aromatic carbocycles. The fraction of sp³-hybridized carbons (Fsp3) is 0.652. The maximum atomic E-state index is 13.3. The number of piperazine rings is 1. The first-order chi connectivity index (χ1) is 16.0. The number of aromatic amines is 1. The molecule has 1 atom stereocenters. The van der Waals surface area contributed by atoms with Crippen molar-refractivity contribution < 1.29 is 17.6 Å². The molecule has 10 heteroatoms. The van der Waals surface area contributed by atoms with Gasteiger partial charge in [0.2, 0.25) is 11.0 Å². The molecule has 33 heavy (non-hydrogen) atoms. The van der Waals surface area contributed by atoms with Crippen LogP contribution < -0.4 is 0 Å². The molecular formula is C23H33N5O4S. The Morgan fingerprint density at radius 3 is 2.48 bits per heavy atom. The average Bonchev–Trinajstić information content (AvgIpc) is 3.57. The molecule has 2 aliphatic heterocycles. The Kier molecular flexibility index (Phi) is 6.58. The van der Waals surface area contributed by atoms with E-state index in [1.54, 1.807) is 18.3 Å². The summed E-state index contributed by atoms with van der Waals surface area (Å²) < 4.78 is 33.5. The highest BCUT2D eigenvalue weighted by Gasteiger charge is 2.37. The van der Waals surface area contributed by atoms with Crippen molar-refractivity contribution >= 4 is 15.9 Å². The molecule has 2 saturated heterocycles. The molecule has 1 saturated carbocycles. The molecule has 0 spiro atoms. The Labute approximate surface area is 195 Å². The van der Waals surface area contributed by atoms with Crippen molar-refractivity contribution in [2.24, 2.45) is 5.92 Å². The van der Waals surface area contributed by atoms with Gasteiger partial charge in [-0.25, -0.2) is 8.42 Å². The van der Waals surface area contributed by atoms with Crippen molar-refractivity contribution in [1.29, 1.82) is 0 Å². The van der Waals surface area contributed by atoms with Crippen LogP contribution in [0.3, 0.4) is 0 Å². The van der Waals surface area contributed by atoms with E-state index in [4.69, 9.17) is 4.42 Å². The monoisotopic (exact) mass is 475 g/mol. The molecule has 9 nitrogen and oxygen atoms in total. The fourth-order valence-corrected chi connectivity index (χ4v) is 6.93. The predicted molar refractivity (Wildman–Crippen MR) is 123 cm³/mol. The largest absolute Gasteiger partial charge is 0.442 e. The van der Waals surface area contributed by atoms with E-state index in [0.717, 1.165) is 32.6 Å². The number of amides is 1. The minimum atomic E-state index is -3.80. The Hall–Kier alpha value is -2.17. The molecule has 2 aromatic heterocycles. The van der Waals surface area contributed by atoms with Crippen LogP contribution in [0.25, 0.3) is 11.5 Å². The number of hydrogen-bond donors (Lipinski definition) is 1. The van der Waals surface area contributed by atoms with Gasteiger partial charge in [0.25, 0.3) is 10.0 Å². The summed E-state index contributed by atoms with van der Waals surface area (Å²) in [5, 5.41) is 6.55. The quantitative estimate of drug-likeness (QED) is 0.713. The Bertz CT molecular complexity index is 1040. The van der Waals surface area contributed by atoms with Gasteiger partial charge >= 0.3 is 0 Å². The summed E-state index contributed by atoms with van der Waals surface area (Å²) in [5.74, 6) is 0.221. The second-order valence-corrected chi connectivity index (χ2v) is 11.3. The number of nitrogens with zero attached hydrogens (tertiary/aromatic N) is 4. The van der Waals surface area contributed by atoms with E-state index in [0.29, 0.717) is 30.5 Å².